The maximum Gasteiger partial charge on any atom is 0.234 e. The summed E-state index contributed by atoms with van der Waals surface area (Å²) in [5.74, 6) is -1.66. The van der Waals surface area contributed by atoms with Crippen molar-refractivity contribution < 1.29 is 13.6 Å². The van der Waals surface area contributed by atoms with E-state index >= 15 is 0 Å². The van der Waals surface area contributed by atoms with E-state index in [9.17, 15) is 13.6 Å². The molecular formula is C20H18ClF2N5OS. The molecule has 30 heavy (non-hydrogen) atoms. The lowest BCUT2D eigenvalue weighted by Gasteiger charge is -2.19. The minimum Gasteiger partial charge on any atom is -0.341 e. The molecule has 2 heterocycles. The molecule has 3 aromatic rings. The second kappa shape index (κ2) is 9.01. The van der Waals surface area contributed by atoms with Crippen molar-refractivity contribution in [3.63, 3.8) is 0 Å². The first-order valence-electron chi connectivity index (χ1n) is 9.36. The van der Waals surface area contributed by atoms with Crippen LogP contribution < -0.4 is 10.2 Å². The van der Waals surface area contributed by atoms with Gasteiger partial charge in [-0.05, 0) is 37.1 Å². The SMILES string of the molecule is O=C(CSc1nnc(N2CCCC2)n1-c1ccccc1Cl)Nc1ccc(F)c(F)c1. The Kier molecular flexibility index (Phi) is 6.19. The molecule has 156 valence electrons. The van der Waals surface area contributed by atoms with Crippen LogP contribution in [0.3, 0.4) is 0 Å². The smallest absolute Gasteiger partial charge is 0.234 e. The van der Waals surface area contributed by atoms with Gasteiger partial charge in [-0.3, -0.25) is 9.36 Å². The van der Waals surface area contributed by atoms with E-state index in [1.807, 2.05) is 22.8 Å². The first-order valence-corrected chi connectivity index (χ1v) is 10.7. The molecule has 1 fully saturated rings. The molecule has 0 aliphatic carbocycles. The van der Waals surface area contributed by atoms with Gasteiger partial charge in [0.25, 0.3) is 0 Å². The number of carbonyl (C=O) groups is 1. The second-order valence-corrected chi connectivity index (χ2v) is 8.08. The van der Waals surface area contributed by atoms with E-state index in [1.54, 1.807) is 6.07 Å². The first kappa shape index (κ1) is 20.6. The largest absolute Gasteiger partial charge is 0.341 e. The predicted molar refractivity (Wildman–Crippen MR) is 114 cm³/mol. The molecule has 4 rings (SSSR count). The number of hydrogen-bond donors (Lipinski definition) is 1. The van der Waals surface area contributed by atoms with Crippen LogP contribution >= 0.6 is 23.4 Å². The van der Waals surface area contributed by atoms with Crippen molar-refractivity contribution in [3.8, 4) is 5.69 Å². The van der Waals surface area contributed by atoms with E-state index in [2.05, 4.69) is 20.4 Å². The molecule has 6 nitrogen and oxygen atoms in total. The Hall–Kier alpha value is -2.65. The molecule has 0 saturated carbocycles. The molecular weight excluding hydrogens is 432 g/mol. The van der Waals surface area contributed by atoms with Gasteiger partial charge in [-0.25, -0.2) is 8.78 Å². The third-order valence-corrected chi connectivity index (χ3v) is 5.88. The number of thioether (sulfide) groups is 1. The van der Waals surface area contributed by atoms with Gasteiger partial charge in [-0.1, -0.05) is 35.5 Å². The van der Waals surface area contributed by atoms with Crippen LogP contribution in [-0.4, -0.2) is 39.5 Å². The number of nitrogens with one attached hydrogen (secondary N) is 1. The van der Waals surface area contributed by atoms with Crippen LogP contribution in [0.15, 0.2) is 47.6 Å². The Morgan fingerprint density at radius 2 is 1.87 bits per heavy atom. The van der Waals surface area contributed by atoms with Gasteiger partial charge in [0.15, 0.2) is 16.8 Å². The number of benzene rings is 2. The van der Waals surface area contributed by atoms with Gasteiger partial charge >= 0.3 is 0 Å². The van der Waals surface area contributed by atoms with Crippen LogP contribution in [0.5, 0.6) is 0 Å². The number of aromatic nitrogens is 3. The molecule has 10 heteroatoms. The summed E-state index contributed by atoms with van der Waals surface area (Å²) in [6, 6.07) is 10.6. The standard InChI is InChI=1S/C20H18ClF2N5OS/c21-14-5-1-2-6-17(14)28-19(27-9-3-4-10-27)25-26-20(28)30-12-18(29)24-13-7-8-15(22)16(23)11-13/h1-2,5-8,11H,3-4,9-10,12H2,(H,24,29). The monoisotopic (exact) mass is 449 g/mol. The zero-order valence-electron chi connectivity index (χ0n) is 15.8. The van der Waals surface area contributed by atoms with Crippen molar-refractivity contribution in [2.45, 2.75) is 18.0 Å². The fourth-order valence-electron chi connectivity index (χ4n) is 3.22. The fourth-order valence-corrected chi connectivity index (χ4v) is 4.18. The van der Waals surface area contributed by atoms with E-state index in [1.165, 1.54) is 17.8 Å². The Morgan fingerprint density at radius 1 is 1.10 bits per heavy atom. The molecule has 1 amide bonds. The van der Waals surface area contributed by atoms with E-state index < -0.39 is 11.6 Å². The van der Waals surface area contributed by atoms with Crippen LogP contribution in [-0.2, 0) is 4.79 Å². The van der Waals surface area contributed by atoms with Crippen molar-refractivity contribution in [2.24, 2.45) is 0 Å². The number of anilines is 2. The summed E-state index contributed by atoms with van der Waals surface area (Å²) in [5, 5.41) is 12.2. The number of rotatable bonds is 6. The van der Waals surface area contributed by atoms with Gasteiger partial charge in [-0.15, -0.1) is 10.2 Å². The van der Waals surface area contributed by atoms with Crippen LogP contribution in [0.2, 0.25) is 5.02 Å². The van der Waals surface area contributed by atoms with E-state index in [4.69, 9.17) is 11.6 Å². The molecule has 0 unspecified atom stereocenters. The number of nitrogens with zero attached hydrogens (tertiary/aromatic N) is 4. The lowest BCUT2D eigenvalue weighted by Crippen LogP contribution is -2.22. The zero-order valence-corrected chi connectivity index (χ0v) is 17.4. The molecule has 1 aliphatic heterocycles. The van der Waals surface area contributed by atoms with E-state index in [0.717, 1.165) is 43.8 Å². The van der Waals surface area contributed by atoms with Crippen LogP contribution in [0.4, 0.5) is 20.4 Å². The van der Waals surface area contributed by atoms with Crippen LogP contribution in [0.25, 0.3) is 5.69 Å². The molecule has 1 aromatic heterocycles. The number of carbonyl (C=O) groups excluding carboxylic acids is 1. The fraction of sp³-hybridized carbons (Fsp3) is 0.250. The summed E-state index contributed by atoms with van der Waals surface area (Å²) in [4.78, 5) is 14.5. The van der Waals surface area contributed by atoms with Gasteiger partial charge in [0.1, 0.15) is 0 Å². The highest BCUT2D eigenvalue weighted by atomic mass is 35.5. The molecule has 2 aromatic carbocycles. The van der Waals surface area contributed by atoms with Crippen LogP contribution in [0.1, 0.15) is 12.8 Å². The van der Waals surface area contributed by atoms with Crippen molar-refractivity contribution in [3.05, 3.63) is 59.1 Å². The lowest BCUT2D eigenvalue weighted by atomic mass is 10.3. The lowest BCUT2D eigenvalue weighted by molar-refractivity contribution is -0.113. The highest BCUT2D eigenvalue weighted by molar-refractivity contribution is 7.99. The summed E-state index contributed by atoms with van der Waals surface area (Å²) < 4.78 is 28.2. The summed E-state index contributed by atoms with van der Waals surface area (Å²) in [6.07, 6.45) is 2.16. The first-order chi connectivity index (χ1) is 14.5. The Balaban J connectivity index is 1.54. The zero-order chi connectivity index (χ0) is 21.1. The average molecular weight is 450 g/mol. The third-order valence-electron chi connectivity index (χ3n) is 4.63. The predicted octanol–water partition coefficient (Wildman–Crippen LogP) is 4.53. The Bertz CT molecular complexity index is 1070. The topological polar surface area (TPSA) is 63.1 Å². The van der Waals surface area contributed by atoms with Gasteiger partial charge in [0.2, 0.25) is 11.9 Å². The molecule has 0 bridgehead atoms. The van der Waals surface area contributed by atoms with Crippen LogP contribution in [0, 0.1) is 11.6 Å². The number of para-hydroxylation sites is 1. The van der Waals surface area contributed by atoms with Gasteiger partial charge in [-0.2, -0.15) is 0 Å². The number of halogens is 3. The minimum atomic E-state index is -1.02. The molecule has 1 saturated heterocycles. The quantitative estimate of drug-likeness (QED) is 0.560. The number of amides is 1. The normalized spacial score (nSPS) is 13.6. The maximum atomic E-state index is 13.3. The molecule has 0 atom stereocenters. The van der Waals surface area contributed by atoms with E-state index in [-0.39, 0.29) is 17.3 Å². The summed E-state index contributed by atoms with van der Waals surface area (Å²) >= 11 is 7.60. The van der Waals surface area contributed by atoms with Gasteiger partial charge < -0.3 is 10.2 Å². The Labute approximate surface area is 181 Å². The molecule has 0 spiro atoms. The molecule has 0 radical (unpaired) electrons. The van der Waals surface area contributed by atoms with Crippen molar-refractivity contribution in [1.29, 1.82) is 0 Å². The van der Waals surface area contributed by atoms with Crippen molar-refractivity contribution in [2.75, 3.05) is 29.1 Å². The van der Waals surface area contributed by atoms with Gasteiger partial charge in [0.05, 0.1) is 16.5 Å². The number of hydrogen-bond acceptors (Lipinski definition) is 5. The summed E-state index contributed by atoms with van der Waals surface area (Å²) in [7, 11) is 0. The van der Waals surface area contributed by atoms with Crippen molar-refractivity contribution >= 4 is 40.9 Å². The maximum absolute atomic E-state index is 13.3. The highest BCUT2D eigenvalue weighted by Crippen LogP contribution is 2.31. The summed E-state index contributed by atoms with van der Waals surface area (Å²) in [5.41, 5.74) is 0.916. The third kappa shape index (κ3) is 4.41. The molecule has 1 aliphatic rings. The summed E-state index contributed by atoms with van der Waals surface area (Å²) in [6.45, 7) is 1.76. The van der Waals surface area contributed by atoms with Crippen molar-refractivity contribution in [1.82, 2.24) is 14.8 Å². The van der Waals surface area contributed by atoms with E-state index in [0.29, 0.717) is 16.1 Å². The second-order valence-electron chi connectivity index (χ2n) is 6.73. The Morgan fingerprint density at radius 3 is 2.60 bits per heavy atom. The minimum absolute atomic E-state index is 0.0155. The molecule has 1 N–H and O–H groups in total. The highest BCUT2D eigenvalue weighted by Gasteiger charge is 2.24. The van der Waals surface area contributed by atoms with Gasteiger partial charge in [0, 0.05) is 24.8 Å². The average Bonchev–Trinajstić information content (AvgIpc) is 3.39.